The van der Waals surface area contributed by atoms with Crippen LogP contribution in [0.3, 0.4) is 0 Å². The molecule has 1 aliphatic rings. The Kier molecular flexibility index (Phi) is 0.989. The van der Waals surface area contributed by atoms with Gasteiger partial charge in [-0.1, -0.05) is 0 Å². The van der Waals surface area contributed by atoms with E-state index in [9.17, 15) is 0 Å². The van der Waals surface area contributed by atoms with Crippen molar-refractivity contribution in [2.45, 2.75) is 13.1 Å². The summed E-state index contributed by atoms with van der Waals surface area (Å²) in [7, 11) is 0. The van der Waals surface area contributed by atoms with Gasteiger partial charge in [0.25, 0.3) is 0 Å². The second-order valence-electron chi connectivity index (χ2n) is 2.01. The summed E-state index contributed by atoms with van der Waals surface area (Å²) in [6.07, 6.45) is 2.52. The molecule has 4 nitrogen and oxygen atoms in total. The van der Waals surface area contributed by atoms with Crippen molar-refractivity contribution in [1.82, 2.24) is 20.1 Å². The van der Waals surface area contributed by atoms with Crippen LogP contribution in [0.2, 0.25) is 0 Å². The number of fused-ring (bicyclic) bond motifs is 1. The van der Waals surface area contributed by atoms with Gasteiger partial charge < -0.3 is 0 Å². The van der Waals surface area contributed by atoms with Crippen molar-refractivity contribution in [3.63, 3.8) is 0 Å². The zero-order valence-electron chi connectivity index (χ0n) is 4.99. The minimum Gasteiger partial charge on any atom is -0.234 e. The summed E-state index contributed by atoms with van der Waals surface area (Å²) in [5.74, 6) is 1.06. The SMILES string of the molecule is c1nc2n(n1)C[N]CC2. The summed E-state index contributed by atoms with van der Waals surface area (Å²) >= 11 is 0. The Bertz CT molecular complexity index is 184. The van der Waals surface area contributed by atoms with Crippen LogP contribution in [-0.2, 0) is 13.1 Å². The van der Waals surface area contributed by atoms with E-state index in [1.807, 2.05) is 4.68 Å². The third-order valence-corrected chi connectivity index (χ3v) is 1.42. The molecule has 1 aromatic heterocycles. The average molecular weight is 123 g/mol. The topological polar surface area (TPSA) is 44.8 Å². The zero-order valence-corrected chi connectivity index (χ0v) is 4.99. The summed E-state index contributed by atoms with van der Waals surface area (Å²) in [6, 6.07) is 0. The van der Waals surface area contributed by atoms with Crippen LogP contribution in [0.1, 0.15) is 5.82 Å². The summed E-state index contributed by atoms with van der Waals surface area (Å²) in [6.45, 7) is 1.59. The molecule has 0 amide bonds. The maximum atomic E-state index is 4.15. The van der Waals surface area contributed by atoms with Gasteiger partial charge >= 0.3 is 0 Å². The van der Waals surface area contributed by atoms with Gasteiger partial charge in [-0.05, 0) is 0 Å². The molecule has 1 aliphatic heterocycles. The smallest absolute Gasteiger partial charge is 0.138 e. The highest BCUT2D eigenvalue weighted by Gasteiger charge is 2.08. The van der Waals surface area contributed by atoms with Crippen molar-refractivity contribution in [1.29, 1.82) is 0 Å². The second-order valence-corrected chi connectivity index (χ2v) is 2.01. The van der Waals surface area contributed by atoms with E-state index in [-0.39, 0.29) is 0 Å². The van der Waals surface area contributed by atoms with Crippen LogP contribution in [0.15, 0.2) is 6.33 Å². The molecule has 9 heavy (non-hydrogen) atoms. The summed E-state index contributed by atoms with van der Waals surface area (Å²) in [4.78, 5) is 4.05. The minimum atomic E-state index is 0.690. The van der Waals surface area contributed by atoms with E-state index in [1.165, 1.54) is 0 Å². The molecule has 0 unspecified atom stereocenters. The Hall–Kier alpha value is -0.900. The van der Waals surface area contributed by atoms with E-state index < -0.39 is 0 Å². The molecule has 0 saturated carbocycles. The fourth-order valence-electron chi connectivity index (χ4n) is 0.944. The Labute approximate surface area is 52.9 Å². The third-order valence-electron chi connectivity index (χ3n) is 1.42. The molecule has 0 saturated heterocycles. The van der Waals surface area contributed by atoms with Crippen molar-refractivity contribution in [2.75, 3.05) is 6.54 Å². The van der Waals surface area contributed by atoms with E-state index in [0.29, 0.717) is 6.67 Å². The summed E-state index contributed by atoms with van der Waals surface area (Å²) in [5.41, 5.74) is 0. The van der Waals surface area contributed by atoms with Gasteiger partial charge in [-0.15, -0.1) is 0 Å². The first kappa shape index (κ1) is 4.93. The van der Waals surface area contributed by atoms with E-state index in [2.05, 4.69) is 15.4 Å². The average Bonchev–Trinajstić information content (AvgIpc) is 2.33. The number of aromatic nitrogens is 3. The van der Waals surface area contributed by atoms with Gasteiger partial charge in [0, 0.05) is 13.0 Å². The summed E-state index contributed by atoms with van der Waals surface area (Å²) < 4.78 is 1.82. The van der Waals surface area contributed by atoms with Gasteiger partial charge in [-0.25, -0.2) is 15.0 Å². The quantitative estimate of drug-likeness (QED) is 0.462. The van der Waals surface area contributed by atoms with Gasteiger partial charge in [0.15, 0.2) is 0 Å². The molecule has 1 radical (unpaired) electrons. The maximum absolute atomic E-state index is 4.15. The van der Waals surface area contributed by atoms with Crippen LogP contribution in [-0.4, -0.2) is 21.3 Å². The maximum Gasteiger partial charge on any atom is 0.138 e. The molecule has 2 rings (SSSR count). The van der Waals surface area contributed by atoms with Crippen LogP contribution in [0.5, 0.6) is 0 Å². The van der Waals surface area contributed by atoms with Crippen LogP contribution in [0.25, 0.3) is 0 Å². The van der Waals surface area contributed by atoms with Gasteiger partial charge in [-0.2, -0.15) is 5.10 Å². The first-order valence-corrected chi connectivity index (χ1v) is 2.97. The molecule has 0 aliphatic carbocycles. The van der Waals surface area contributed by atoms with Crippen molar-refractivity contribution in [2.24, 2.45) is 0 Å². The lowest BCUT2D eigenvalue weighted by molar-refractivity contribution is 0.439. The van der Waals surface area contributed by atoms with Gasteiger partial charge in [0.2, 0.25) is 0 Å². The molecule has 0 fully saturated rings. The van der Waals surface area contributed by atoms with Crippen molar-refractivity contribution in [3.05, 3.63) is 12.2 Å². The highest BCUT2D eigenvalue weighted by Crippen LogP contribution is 1.98. The van der Waals surface area contributed by atoms with Crippen molar-refractivity contribution < 1.29 is 0 Å². The fourth-order valence-corrected chi connectivity index (χ4v) is 0.944. The molecule has 2 heterocycles. The Balaban J connectivity index is 2.39. The minimum absolute atomic E-state index is 0.690. The Morgan fingerprint density at radius 3 is 3.44 bits per heavy atom. The zero-order chi connectivity index (χ0) is 6.10. The lowest BCUT2D eigenvalue weighted by atomic mass is 10.4. The lowest BCUT2D eigenvalue weighted by Gasteiger charge is -2.10. The molecular formula is C5H7N4. The normalized spacial score (nSPS) is 17.3. The van der Waals surface area contributed by atoms with Crippen LogP contribution < -0.4 is 5.32 Å². The van der Waals surface area contributed by atoms with E-state index in [4.69, 9.17) is 0 Å². The van der Waals surface area contributed by atoms with Crippen molar-refractivity contribution in [3.8, 4) is 0 Å². The standard InChI is InChI=1S/C5H7N4/c1-2-6-4-9-5(1)7-3-8-9/h3H,1-2,4H2. The Morgan fingerprint density at radius 2 is 2.56 bits per heavy atom. The number of nitrogens with zero attached hydrogens (tertiary/aromatic N) is 4. The molecule has 47 valence electrons. The summed E-state index contributed by atoms with van der Waals surface area (Å²) in [5, 5.41) is 8.12. The number of hydrogen-bond donors (Lipinski definition) is 0. The van der Waals surface area contributed by atoms with E-state index >= 15 is 0 Å². The molecule has 0 N–H and O–H groups in total. The van der Waals surface area contributed by atoms with E-state index in [1.54, 1.807) is 6.33 Å². The highest BCUT2D eigenvalue weighted by molar-refractivity contribution is 4.87. The monoisotopic (exact) mass is 123 g/mol. The van der Waals surface area contributed by atoms with Crippen LogP contribution in [0, 0.1) is 0 Å². The number of rotatable bonds is 0. The molecule has 0 atom stereocenters. The predicted octanol–water partition coefficient (Wildman–Crippen LogP) is -0.604. The first-order chi connectivity index (χ1) is 4.47. The highest BCUT2D eigenvalue weighted by atomic mass is 15.4. The fraction of sp³-hybridized carbons (Fsp3) is 0.600. The molecule has 1 aromatic rings. The molecule has 0 spiro atoms. The van der Waals surface area contributed by atoms with Crippen LogP contribution in [0.4, 0.5) is 0 Å². The van der Waals surface area contributed by atoms with Gasteiger partial charge in [0.05, 0.1) is 0 Å². The second kappa shape index (κ2) is 1.80. The molecule has 0 aromatic carbocycles. The van der Waals surface area contributed by atoms with Gasteiger partial charge in [0.1, 0.15) is 18.8 Å². The largest absolute Gasteiger partial charge is 0.234 e. The third kappa shape index (κ3) is 0.712. The van der Waals surface area contributed by atoms with Crippen LogP contribution >= 0.6 is 0 Å². The predicted molar refractivity (Wildman–Crippen MR) is 30.7 cm³/mol. The molecule has 4 heteroatoms. The Morgan fingerprint density at radius 1 is 1.56 bits per heavy atom. The van der Waals surface area contributed by atoms with E-state index in [0.717, 1.165) is 18.8 Å². The first-order valence-electron chi connectivity index (χ1n) is 2.97. The van der Waals surface area contributed by atoms with Gasteiger partial charge in [-0.3, -0.25) is 0 Å². The van der Waals surface area contributed by atoms with Crippen molar-refractivity contribution >= 4 is 0 Å². The number of hydrogen-bond acceptors (Lipinski definition) is 2. The molecule has 0 bridgehead atoms. The molecular weight excluding hydrogens is 116 g/mol. The lowest BCUT2D eigenvalue weighted by Crippen LogP contribution is -2.24.